The monoisotopic (exact) mass is 503 g/mol. The number of guanidine groups is 1. The molecule has 2 N–H and O–H groups in total. The Labute approximate surface area is 185 Å². The van der Waals surface area contributed by atoms with E-state index in [0.29, 0.717) is 25.2 Å². The molecule has 0 amide bonds. The molecule has 1 fully saturated rings. The van der Waals surface area contributed by atoms with E-state index >= 15 is 0 Å². The molecule has 7 heteroatoms. The quantitative estimate of drug-likeness (QED) is 0.338. The fraction of sp³-hybridized carbons (Fsp3) is 0.667. The molecule has 0 radical (unpaired) electrons. The molecule has 6 nitrogen and oxygen atoms in total. The molecule has 0 saturated heterocycles. The number of benzene rings is 1. The van der Waals surface area contributed by atoms with E-state index in [-0.39, 0.29) is 24.0 Å². The van der Waals surface area contributed by atoms with Gasteiger partial charge in [-0.1, -0.05) is 25.0 Å². The number of nitrogens with zero attached hydrogens (tertiary/aromatic N) is 1. The molecular weight excluding hydrogens is 469 g/mol. The van der Waals surface area contributed by atoms with Gasteiger partial charge in [-0.25, -0.2) is 0 Å². The first kappa shape index (κ1) is 23.1. The smallest absolute Gasteiger partial charge is 0.191 e. The van der Waals surface area contributed by atoms with Crippen LogP contribution < -0.4 is 20.1 Å². The summed E-state index contributed by atoms with van der Waals surface area (Å²) in [6.45, 7) is 3.80. The Morgan fingerprint density at radius 1 is 1.14 bits per heavy atom. The van der Waals surface area contributed by atoms with Crippen molar-refractivity contribution in [3.63, 3.8) is 0 Å². The van der Waals surface area contributed by atoms with E-state index in [1.54, 1.807) is 7.11 Å². The van der Waals surface area contributed by atoms with E-state index < -0.39 is 0 Å². The minimum Gasteiger partial charge on any atom is -0.490 e. The highest BCUT2D eigenvalue weighted by Gasteiger charge is 2.33. The third-order valence-electron chi connectivity index (χ3n) is 5.65. The fourth-order valence-electron chi connectivity index (χ4n) is 4.02. The highest BCUT2D eigenvalue weighted by Crippen LogP contribution is 2.40. The van der Waals surface area contributed by atoms with Crippen LogP contribution in [-0.4, -0.2) is 46.5 Å². The van der Waals surface area contributed by atoms with Crippen LogP contribution in [0.1, 0.15) is 44.1 Å². The van der Waals surface area contributed by atoms with Gasteiger partial charge < -0.3 is 24.8 Å². The molecule has 1 aliphatic carbocycles. The SMILES string of the molecule is CN=C(NCc1cccc2c1OCCCO2)NCC1(CCOC)CCCC1.I. The van der Waals surface area contributed by atoms with Crippen molar-refractivity contribution in [3.8, 4) is 11.5 Å². The van der Waals surface area contributed by atoms with Gasteiger partial charge in [0.05, 0.1) is 13.2 Å². The first-order valence-electron chi connectivity index (χ1n) is 10.1. The number of hydrogen-bond donors (Lipinski definition) is 2. The van der Waals surface area contributed by atoms with Crippen LogP contribution in [0, 0.1) is 5.41 Å². The number of methoxy groups -OCH3 is 1. The largest absolute Gasteiger partial charge is 0.490 e. The topological polar surface area (TPSA) is 64.1 Å². The van der Waals surface area contributed by atoms with Crippen molar-refractivity contribution < 1.29 is 14.2 Å². The number of halogens is 1. The normalized spacial score (nSPS) is 18.1. The Morgan fingerprint density at radius 2 is 1.93 bits per heavy atom. The Morgan fingerprint density at radius 3 is 2.68 bits per heavy atom. The Hall–Kier alpha value is -1.22. The van der Waals surface area contributed by atoms with Crippen LogP contribution in [0.15, 0.2) is 23.2 Å². The second-order valence-electron chi connectivity index (χ2n) is 7.52. The Bertz CT molecular complexity index is 633. The van der Waals surface area contributed by atoms with Gasteiger partial charge >= 0.3 is 0 Å². The lowest BCUT2D eigenvalue weighted by Crippen LogP contribution is -2.43. The van der Waals surface area contributed by atoms with Crippen molar-refractivity contribution in [2.24, 2.45) is 10.4 Å². The summed E-state index contributed by atoms with van der Waals surface area (Å²) in [5.41, 5.74) is 1.42. The molecule has 0 spiro atoms. The summed E-state index contributed by atoms with van der Waals surface area (Å²) >= 11 is 0. The molecular formula is C21H34IN3O3. The van der Waals surface area contributed by atoms with Gasteiger partial charge in [0.1, 0.15) is 0 Å². The molecule has 28 heavy (non-hydrogen) atoms. The number of aliphatic imine (C=N–C) groups is 1. The second-order valence-corrected chi connectivity index (χ2v) is 7.52. The summed E-state index contributed by atoms with van der Waals surface area (Å²) in [5.74, 6) is 2.51. The lowest BCUT2D eigenvalue weighted by molar-refractivity contribution is 0.138. The van der Waals surface area contributed by atoms with Crippen LogP contribution in [0.25, 0.3) is 0 Å². The molecule has 0 unspecified atom stereocenters. The molecule has 158 valence electrons. The standard InChI is InChI=1S/C21H33N3O3.HI/c1-22-20(24-16-21(11-14-25-2)9-3-4-10-21)23-15-17-7-5-8-18-19(17)27-13-6-12-26-18;/h5,7-8H,3-4,6,9-16H2,1-2H3,(H2,22,23,24);1H. The lowest BCUT2D eigenvalue weighted by Gasteiger charge is -2.30. The molecule has 1 aliphatic heterocycles. The summed E-state index contributed by atoms with van der Waals surface area (Å²) in [6.07, 6.45) is 7.16. The summed E-state index contributed by atoms with van der Waals surface area (Å²) < 4.78 is 17.0. The van der Waals surface area contributed by atoms with Gasteiger partial charge in [-0.05, 0) is 30.7 Å². The lowest BCUT2D eigenvalue weighted by atomic mass is 9.83. The van der Waals surface area contributed by atoms with Crippen molar-refractivity contribution in [2.75, 3.05) is 40.5 Å². The van der Waals surface area contributed by atoms with Crippen molar-refractivity contribution in [2.45, 2.75) is 45.1 Å². The van der Waals surface area contributed by atoms with Crippen molar-refractivity contribution in [3.05, 3.63) is 23.8 Å². The molecule has 1 aromatic rings. The maximum Gasteiger partial charge on any atom is 0.191 e. The number of hydrogen-bond acceptors (Lipinski definition) is 4. The fourth-order valence-corrected chi connectivity index (χ4v) is 4.02. The van der Waals surface area contributed by atoms with Crippen LogP contribution in [0.3, 0.4) is 0 Å². The molecule has 1 saturated carbocycles. The second kappa shape index (κ2) is 11.7. The number of ether oxygens (including phenoxy) is 3. The number of nitrogens with one attached hydrogen (secondary N) is 2. The van der Waals surface area contributed by atoms with E-state index in [1.165, 1.54) is 25.7 Å². The predicted molar refractivity (Wildman–Crippen MR) is 123 cm³/mol. The molecule has 3 rings (SSSR count). The van der Waals surface area contributed by atoms with Crippen molar-refractivity contribution in [1.82, 2.24) is 10.6 Å². The van der Waals surface area contributed by atoms with E-state index in [4.69, 9.17) is 14.2 Å². The highest BCUT2D eigenvalue weighted by atomic mass is 127. The summed E-state index contributed by atoms with van der Waals surface area (Å²) in [6, 6.07) is 6.06. The van der Waals surface area contributed by atoms with E-state index in [1.807, 2.05) is 19.2 Å². The van der Waals surface area contributed by atoms with Gasteiger partial charge in [-0.15, -0.1) is 24.0 Å². The van der Waals surface area contributed by atoms with Gasteiger partial charge in [-0.2, -0.15) is 0 Å². The average molecular weight is 503 g/mol. The summed E-state index contributed by atoms with van der Waals surface area (Å²) in [4.78, 5) is 4.40. The minimum atomic E-state index is 0. The van der Waals surface area contributed by atoms with Crippen LogP contribution in [0.5, 0.6) is 11.5 Å². The van der Waals surface area contributed by atoms with E-state index in [2.05, 4.69) is 21.7 Å². The van der Waals surface area contributed by atoms with E-state index in [0.717, 1.165) is 49.0 Å². The number of fused-ring (bicyclic) bond motifs is 1. The Balaban J connectivity index is 0.00000280. The van der Waals surface area contributed by atoms with Gasteiger partial charge in [-0.3, -0.25) is 4.99 Å². The molecule has 1 aromatic carbocycles. The van der Waals surface area contributed by atoms with Gasteiger partial charge in [0.15, 0.2) is 17.5 Å². The van der Waals surface area contributed by atoms with Crippen LogP contribution in [0.2, 0.25) is 0 Å². The molecule has 1 heterocycles. The number of rotatable bonds is 7. The zero-order valence-electron chi connectivity index (χ0n) is 17.1. The van der Waals surface area contributed by atoms with Gasteiger partial charge in [0.2, 0.25) is 0 Å². The summed E-state index contributed by atoms with van der Waals surface area (Å²) in [7, 11) is 3.60. The zero-order chi connectivity index (χ0) is 19.0. The Kier molecular flexibility index (Phi) is 9.64. The first-order chi connectivity index (χ1) is 13.3. The highest BCUT2D eigenvalue weighted by molar-refractivity contribution is 14.0. The van der Waals surface area contributed by atoms with Gasteiger partial charge in [0, 0.05) is 45.8 Å². The van der Waals surface area contributed by atoms with Crippen LogP contribution >= 0.6 is 24.0 Å². The van der Waals surface area contributed by atoms with Crippen LogP contribution in [-0.2, 0) is 11.3 Å². The molecule has 2 aliphatic rings. The number of para-hydroxylation sites is 1. The molecule has 0 aromatic heterocycles. The third kappa shape index (κ3) is 6.14. The molecule has 0 bridgehead atoms. The first-order valence-corrected chi connectivity index (χ1v) is 10.1. The average Bonchev–Trinajstić information content (AvgIpc) is 3.03. The molecule has 0 atom stereocenters. The van der Waals surface area contributed by atoms with Crippen LogP contribution in [0.4, 0.5) is 0 Å². The predicted octanol–water partition coefficient (Wildman–Crippen LogP) is 3.73. The maximum absolute atomic E-state index is 5.91. The van der Waals surface area contributed by atoms with Gasteiger partial charge in [0.25, 0.3) is 0 Å². The van der Waals surface area contributed by atoms with Crippen molar-refractivity contribution in [1.29, 1.82) is 0 Å². The summed E-state index contributed by atoms with van der Waals surface area (Å²) in [5, 5.41) is 6.96. The minimum absolute atomic E-state index is 0. The van der Waals surface area contributed by atoms with E-state index in [9.17, 15) is 0 Å². The van der Waals surface area contributed by atoms with Crippen molar-refractivity contribution >= 4 is 29.9 Å². The maximum atomic E-state index is 5.91. The third-order valence-corrected chi connectivity index (χ3v) is 5.65. The zero-order valence-corrected chi connectivity index (χ0v) is 19.4.